The molecule has 0 aliphatic heterocycles. The summed E-state index contributed by atoms with van der Waals surface area (Å²) in [7, 11) is 0. The van der Waals surface area contributed by atoms with Crippen LogP contribution in [0.2, 0.25) is 0 Å². The third-order valence-corrected chi connectivity index (χ3v) is 3.61. The first-order valence-electron chi connectivity index (χ1n) is 5.99. The number of hydrogen-bond acceptors (Lipinski definition) is 3. The molecule has 0 amide bonds. The van der Waals surface area contributed by atoms with Crippen molar-refractivity contribution in [2.45, 2.75) is 11.2 Å². The van der Waals surface area contributed by atoms with Crippen LogP contribution in [0.4, 0.5) is 0 Å². The second kappa shape index (κ2) is 7.82. The number of nitrogens with zero attached hydrogens (tertiary/aromatic N) is 1. The van der Waals surface area contributed by atoms with Gasteiger partial charge in [0.15, 0.2) is 5.84 Å². The fourth-order valence-electron chi connectivity index (χ4n) is 2.11. The lowest BCUT2D eigenvalue weighted by molar-refractivity contribution is 0.317. The van der Waals surface area contributed by atoms with Gasteiger partial charge in [-0.25, -0.2) is 0 Å². The summed E-state index contributed by atoms with van der Waals surface area (Å²) in [5.74, 6) is 0.0580. The summed E-state index contributed by atoms with van der Waals surface area (Å²) < 4.78 is 0. The Morgan fingerprint density at radius 3 is 1.70 bits per heavy atom. The molecule has 3 N–H and O–H groups in total. The van der Waals surface area contributed by atoms with Gasteiger partial charge in [-0.05, 0) is 11.1 Å². The van der Waals surface area contributed by atoms with Crippen molar-refractivity contribution in [1.29, 1.82) is 0 Å². The zero-order valence-electron chi connectivity index (χ0n) is 10.8. The van der Waals surface area contributed by atoms with Gasteiger partial charge in [0.25, 0.3) is 0 Å². The van der Waals surface area contributed by atoms with Crippen LogP contribution in [0.1, 0.15) is 17.0 Å². The van der Waals surface area contributed by atoms with Crippen LogP contribution in [0.3, 0.4) is 0 Å². The lowest BCUT2D eigenvalue weighted by Gasteiger charge is -2.23. The van der Waals surface area contributed by atoms with Crippen molar-refractivity contribution in [3.8, 4) is 0 Å². The van der Waals surface area contributed by atoms with Crippen molar-refractivity contribution in [3.63, 3.8) is 0 Å². The molecule has 0 saturated heterocycles. The second-order valence-corrected chi connectivity index (χ2v) is 4.83. The first-order chi connectivity index (χ1) is 9.24. The molecule has 0 radical (unpaired) electrons. The van der Waals surface area contributed by atoms with E-state index < -0.39 is 0 Å². The third kappa shape index (κ3) is 3.68. The highest BCUT2D eigenvalue weighted by Crippen LogP contribution is 2.30. The van der Waals surface area contributed by atoms with Gasteiger partial charge in [0.2, 0.25) is 0 Å². The SMILES string of the molecule is Cl.NC(=NO)C(S)C(c1ccccc1)c1ccccc1. The average Bonchev–Trinajstić information content (AvgIpc) is 2.49. The van der Waals surface area contributed by atoms with Gasteiger partial charge in [0.1, 0.15) is 0 Å². The van der Waals surface area contributed by atoms with Crippen molar-refractivity contribution in [2.75, 3.05) is 0 Å². The lowest BCUT2D eigenvalue weighted by atomic mass is 9.88. The van der Waals surface area contributed by atoms with Crippen LogP contribution < -0.4 is 5.73 Å². The first kappa shape index (κ1) is 16.4. The zero-order chi connectivity index (χ0) is 13.7. The van der Waals surface area contributed by atoms with E-state index in [1.807, 2.05) is 60.7 Å². The summed E-state index contributed by atoms with van der Waals surface area (Å²) in [5.41, 5.74) is 7.88. The summed E-state index contributed by atoms with van der Waals surface area (Å²) in [6.07, 6.45) is 0. The van der Waals surface area contributed by atoms with E-state index in [9.17, 15) is 0 Å². The Bertz CT molecular complexity index is 509. The monoisotopic (exact) mass is 308 g/mol. The van der Waals surface area contributed by atoms with E-state index in [4.69, 9.17) is 10.9 Å². The Labute approximate surface area is 130 Å². The maximum absolute atomic E-state index is 8.86. The van der Waals surface area contributed by atoms with Gasteiger partial charge < -0.3 is 10.9 Å². The normalized spacial score (nSPS) is 12.8. The number of oxime groups is 1. The molecule has 2 aromatic rings. The molecular formula is C15H17ClN2OS. The second-order valence-electron chi connectivity index (χ2n) is 4.27. The van der Waals surface area contributed by atoms with Gasteiger partial charge in [0, 0.05) is 5.92 Å². The molecule has 0 spiro atoms. The minimum atomic E-state index is -0.380. The molecular weight excluding hydrogens is 292 g/mol. The highest BCUT2D eigenvalue weighted by molar-refractivity contribution is 7.81. The first-order valence-corrected chi connectivity index (χ1v) is 6.51. The summed E-state index contributed by atoms with van der Waals surface area (Å²) in [5, 5.41) is 11.6. The van der Waals surface area contributed by atoms with Crippen molar-refractivity contribution in [1.82, 2.24) is 0 Å². The quantitative estimate of drug-likeness (QED) is 0.267. The largest absolute Gasteiger partial charge is 0.409 e. The Morgan fingerprint density at radius 1 is 0.950 bits per heavy atom. The molecule has 5 heteroatoms. The molecule has 1 atom stereocenters. The number of benzene rings is 2. The van der Waals surface area contributed by atoms with Gasteiger partial charge in [-0.3, -0.25) is 0 Å². The molecule has 106 valence electrons. The summed E-state index contributed by atoms with van der Waals surface area (Å²) >= 11 is 4.51. The van der Waals surface area contributed by atoms with E-state index in [0.29, 0.717) is 0 Å². The zero-order valence-corrected chi connectivity index (χ0v) is 12.5. The van der Waals surface area contributed by atoms with Gasteiger partial charge in [0.05, 0.1) is 5.25 Å². The summed E-state index contributed by atoms with van der Waals surface area (Å²) in [6.45, 7) is 0. The van der Waals surface area contributed by atoms with Crippen LogP contribution in [0, 0.1) is 0 Å². The lowest BCUT2D eigenvalue weighted by Crippen LogP contribution is -2.30. The fourth-order valence-corrected chi connectivity index (χ4v) is 2.50. The number of nitrogens with two attached hydrogens (primary N) is 1. The summed E-state index contributed by atoms with van der Waals surface area (Å²) in [6, 6.07) is 19.9. The van der Waals surface area contributed by atoms with Gasteiger partial charge in [-0.15, -0.1) is 12.4 Å². The maximum atomic E-state index is 8.86. The Kier molecular flexibility index (Phi) is 6.42. The summed E-state index contributed by atoms with van der Waals surface area (Å²) in [4.78, 5) is 0. The van der Waals surface area contributed by atoms with Gasteiger partial charge in [-0.2, -0.15) is 12.6 Å². The minimum absolute atomic E-state index is 0. The molecule has 2 aromatic carbocycles. The van der Waals surface area contributed by atoms with E-state index in [-0.39, 0.29) is 29.4 Å². The highest BCUT2D eigenvalue weighted by atomic mass is 35.5. The molecule has 0 bridgehead atoms. The molecule has 0 aromatic heterocycles. The van der Waals surface area contributed by atoms with Gasteiger partial charge >= 0.3 is 0 Å². The van der Waals surface area contributed by atoms with Crippen molar-refractivity contribution in [2.24, 2.45) is 10.9 Å². The Balaban J connectivity index is 0.00000200. The number of rotatable bonds is 4. The van der Waals surface area contributed by atoms with Crippen molar-refractivity contribution >= 4 is 30.9 Å². The predicted molar refractivity (Wildman–Crippen MR) is 88.2 cm³/mol. The van der Waals surface area contributed by atoms with Gasteiger partial charge in [-0.1, -0.05) is 65.8 Å². The topological polar surface area (TPSA) is 58.6 Å². The fraction of sp³-hybridized carbons (Fsp3) is 0.133. The molecule has 0 fully saturated rings. The molecule has 0 aliphatic rings. The number of hydrogen-bond donors (Lipinski definition) is 3. The van der Waals surface area contributed by atoms with E-state index >= 15 is 0 Å². The minimum Gasteiger partial charge on any atom is -0.409 e. The number of thiol groups is 1. The molecule has 1 unspecified atom stereocenters. The maximum Gasteiger partial charge on any atom is 0.152 e. The standard InChI is InChI=1S/C15H16N2OS.ClH/c16-15(17-18)14(19)13(11-7-3-1-4-8-11)12-9-5-2-6-10-12;/h1-10,13-14,18-19H,(H2,16,17);1H. The number of halogens is 1. The van der Waals surface area contributed by atoms with Crippen LogP contribution in [0.15, 0.2) is 65.8 Å². The number of amidine groups is 1. The van der Waals surface area contributed by atoms with Crippen LogP contribution >= 0.6 is 25.0 Å². The van der Waals surface area contributed by atoms with Crippen LogP contribution in [-0.2, 0) is 0 Å². The van der Waals surface area contributed by atoms with Crippen LogP contribution in [-0.4, -0.2) is 16.3 Å². The van der Waals surface area contributed by atoms with E-state index in [1.54, 1.807) is 0 Å². The third-order valence-electron chi connectivity index (χ3n) is 3.05. The predicted octanol–water partition coefficient (Wildman–Crippen LogP) is 3.29. The Morgan fingerprint density at radius 2 is 1.35 bits per heavy atom. The van der Waals surface area contributed by atoms with E-state index in [2.05, 4.69) is 17.8 Å². The van der Waals surface area contributed by atoms with E-state index in [1.165, 1.54) is 0 Å². The molecule has 0 saturated carbocycles. The molecule has 3 nitrogen and oxygen atoms in total. The molecule has 0 heterocycles. The van der Waals surface area contributed by atoms with Crippen molar-refractivity contribution in [3.05, 3.63) is 71.8 Å². The average molecular weight is 309 g/mol. The van der Waals surface area contributed by atoms with Crippen molar-refractivity contribution < 1.29 is 5.21 Å². The highest BCUT2D eigenvalue weighted by Gasteiger charge is 2.25. The molecule has 2 rings (SSSR count). The molecule has 0 aliphatic carbocycles. The van der Waals surface area contributed by atoms with E-state index in [0.717, 1.165) is 11.1 Å². The Hall–Kier alpha value is -1.65. The van der Waals surface area contributed by atoms with Crippen LogP contribution in [0.25, 0.3) is 0 Å². The molecule has 20 heavy (non-hydrogen) atoms. The van der Waals surface area contributed by atoms with Crippen LogP contribution in [0.5, 0.6) is 0 Å². The smallest absolute Gasteiger partial charge is 0.152 e.